The lowest BCUT2D eigenvalue weighted by molar-refractivity contribution is -0.121. The van der Waals surface area contributed by atoms with Crippen molar-refractivity contribution >= 4 is 5.91 Å². The second-order valence-electron chi connectivity index (χ2n) is 10.1. The van der Waals surface area contributed by atoms with E-state index in [2.05, 4.69) is 58.0 Å². The van der Waals surface area contributed by atoms with Gasteiger partial charge < -0.3 is 15.2 Å². The highest BCUT2D eigenvalue weighted by molar-refractivity contribution is 5.76. The Labute approximate surface area is 213 Å². The molecule has 1 aliphatic rings. The third-order valence-electron chi connectivity index (χ3n) is 6.71. The Morgan fingerprint density at radius 1 is 1.06 bits per heavy atom. The van der Waals surface area contributed by atoms with E-state index in [-0.39, 0.29) is 18.6 Å². The van der Waals surface area contributed by atoms with Gasteiger partial charge in [0, 0.05) is 18.7 Å². The van der Waals surface area contributed by atoms with Gasteiger partial charge in [0.25, 0.3) is 0 Å². The van der Waals surface area contributed by atoms with Crippen LogP contribution < -0.4 is 15.2 Å². The Balaban J connectivity index is 1.65. The topological polar surface area (TPSA) is 90.6 Å². The first-order chi connectivity index (χ1) is 17.1. The maximum Gasteiger partial charge on any atom is 0.231 e. The predicted molar refractivity (Wildman–Crippen MR) is 141 cm³/mol. The SMILES string of the molecule is Cc1ccc(C(C)C)cc1OCc1c(C)nc(-c2c(C)cccc2C)nc1OC1CN(CC(N)=O)C1. The van der Waals surface area contributed by atoms with E-state index in [9.17, 15) is 4.79 Å². The summed E-state index contributed by atoms with van der Waals surface area (Å²) in [7, 11) is 0. The van der Waals surface area contributed by atoms with Crippen molar-refractivity contribution < 1.29 is 14.3 Å². The fraction of sp³-hybridized carbons (Fsp3) is 0.414. The molecule has 1 saturated heterocycles. The monoisotopic (exact) mass is 488 g/mol. The molecule has 2 aromatic carbocycles. The summed E-state index contributed by atoms with van der Waals surface area (Å²) < 4.78 is 12.7. The zero-order chi connectivity index (χ0) is 26.0. The number of rotatable bonds is 9. The van der Waals surface area contributed by atoms with Crippen LogP contribution in [0, 0.1) is 27.7 Å². The van der Waals surface area contributed by atoms with Crippen molar-refractivity contribution in [3.63, 3.8) is 0 Å². The summed E-state index contributed by atoms with van der Waals surface area (Å²) in [6.07, 6.45) is -0.0748. The maximum atomic E-state index is 11.2. The summed E-state index contributed by atoms with van der Waals surface area (Å²) in [5, 5.41) is 0. The number of likely N-dealkylation sites (tertiary alicyclic amines) is 1. The number of hydrogen-bond donors (Lipinski definition) is 1. The Kier molecular flexibility index (Phi) is 7.59. The first-order valence-corrected chi connectivity index (χ1v) is 12.5. The molecule has 36 heavy (non-hydrogen) atoms. The molecule has 0 unspecified atom stereocenters. The van der Waals surface area contributed by atoms with Crippen LogP contribution in [-0.2, 0) is 11.4 Å². The molecule has 0 aliphatic carbocycles. The molecule has 0 spiro atoms. The number of ether oxygens (including phenoxy) is 2. The Morgan fingerprint density at radius 2 is 1.75 bits per heavy atom. The van der Waals surface area contributed by atoms with Gasteiger partial charge in [0.2, 0.25) is 11.8 Å². The van der Waals surface area contributed by atoms with Gasteiger partial charge in [-0.1, -0.05) is 44.2 Å². The Bertz CT molecular complexity index is 1250. The number of aromatic nitrogens is 2. The van der Waals surface area contributed by atoms with Crippen molar-refractivity contribution in [1.29, 1.82) is 0 Å². The highest BCUT2D eigenvalue weighted by Crippen LogP contribution is 2.32. The lowest BCUT2D eigenvalue weighted by atomic mass is 10.0. The van der Waals surface area contributed by atoms with Crippen molar-refractivity contribution in [3.05, 3.63) is 69.9 Å². The van der Waals surface area contributed by atoms with Gasteiger partial charge >= 0.3 is 0 Å². The minimum absolute atomic E-state index is 0.0748. The summed E-state index contributed by atoms with van der Waals surface area (Å²) in [5.74, 6) is 2.10. The predicted octanol–water partition coefficient (Wildman–Crippen LogP) is 4.63. The summed E-state index contributed by atoms with van der Waals surface area (Å²) >= 11 is 0. The van der Waals surface area contributed by atoms with Crippen LogP contribution in [0.5, 0.6) is 11.6 Å². The van der Waals surface area contributed by atoms with E-state index in [1.54, 1.807) is 0 Å². The molecule has 1 amide bonds. The van der Waals surface area contributed by atoms with E-state index < -0.39 is 0 Å². The van der Waals surface area contributed by atoms with Gasteiger partial charge in [-0.3, -0.25) is 9.69 Å². The van der Waals surface area contributed by atoms with Crippen LogP contribution in [0.25, 0.3) is 11.4 Å². The normalized spacial score (nSPS) is 14.1. The minimum Gasteiger partial charge on any atom is -0.488 e. The second kappa shape index (κ2) is 10.7. The number of aryl methyl sites for hydroxylation is 4. The van der Waals surface area contributed by atoms with Crippen molar-refractivity contribution in [2.45, 2.75) is 60.2 Å². The average Bonchev–Trinajstić information content (AvgIpc) is 2.77. The minimum atomic E-state index is -0.336. The number of amides is 1. The third kappa shape index (κ3) is 5.68. The lowest BCUT2D eigenvalue weighted by Crippen LogP contribution is -2.56. The van der Waals surface area contributed by atoms with E-state index in [0.29, 0.717) is 37.3 Å². The highest BCUT2D eigenvalue weighted by atomic mass is 16.5. The molecule has 1 fully saturated rings. The zero-order valence-corrected chi connectivity index (χ0v) is 22.1. The molecular formula is C29H36N4O3. The van der Waals surface area contributed by atoms with Crippen LogP contribution in [-0.4, -0.2) is 46.5 Å². The van der Waals surface area contributed by atoms with Crippen molar-refractivity contribution in [2.75, 3.05) is 19.6 Å². The highest BCUT2D eigenvalue weighted by Gasteiger charge is 2.31. The number of nitrogens with two attached hydrogens (primary N) is 1. The van der Waals surface area contributed by atoms with Crippen LogP contribution in [0.3, 0.4) is 0 Å². The molecule has 3 aromatic rings. The smallest absolute Gasteiger partial charge is 0.231 e. The number of hydrogen-bond acceptors (Lipinski definition) is 6. The molecule has 2 N–H and O–H groups in total. The summed E-state index contributed by atoms with van der Waals surface area (Å²) in [6.45, 7) is 14.3. The Hall–Kier alpha value is -3.45. The summed E-state index contributed by atoms with van der Waals surface area (Å²) in [5.41, 5.74) is 12.5. The van der Waals surface area contributed by atoms with Gasteiger partial charge in [0.05, 0.1) is 17.8 Å². The molecule has 1 aliphatic heterocycles. The molecule has 0 bridgehead atoms. The molecule has 7 nitrogen and oxygen atoms in total. The average molecular weight is 489 g/mol. The van der Waals surface area contributed by atoms with E-state index in [1.807, 2.05) is 24.8 Å². The first-order valence-electron chi connectivity index (χ1n) is 12.5. The van der Waals surface area contributed by atoms with Crippen LogP contribution in [0.15, 0.2) is 36.4 Å². The third-order valence-corrected chi connectivity index (χ3v) is 6.71. The second-order valence-corrected chi connectivity index (χ2v) is 10.1. The number of carbonyl (C=O) groups is 1. The molecule has 0 radical (unpaired) electrons. The van der Waals surface area contributed by atoms with Crippen molar-refractivity contribution in [1.82, 2.24) is 14.9 Å². The van der Waals surface area contributed by atoms with E-state index in [4.69, 9.17) is 25.2 Å². The summed E-state index contributed by atoms with van der Waals surface area (Å²) in [6, 6.07) is 12.5. The fourth-order valence-electron chi connectivity index (χ4n) is 4.50. The maximum absolute atomic E-state index is 11.2. The van der Waals surface area contributed by atoms with Gasteiger partial charge in [0.1, 0.15) is 18.5 Å². The number of primary amides is 1. The number of carbonyl (C=O) groups excluding carboxylic acids is 1. The van der Waals surface area contributed by atoms with Gasteiger partial charge in [0.15, 0.2) is 5.82 Å². The quantitative estimate of drug-likeness (QED) is 0.472. The number of benzene rings is 2. The first kappa shape index (κ1) is 25.6. The van der Waals surface area contributed by atoms with Crippen LogP contribution in [0.2, 0.25) is 0 Å². The van der Waals surface area contributed by atoms with E-state index in [1.165, 1.54) is 5.56 Å². The molecule has 1 aromatic heterocycles. The van der Waals surface area contributed by atoms with Gasteiger partial charge in [-0.2, -0.15) is 4.98 Å². The van der Waals surface area contributed by atoms with Crippen LogP contribution >= 0.6 is 0 Å². The fourth-order valence-corrected chi connectivity index (χ4v) is 4.50. The molecule has 0 atom stereocenters. The molecule has 190 valence electrons. The van der Waals surface area contributed by atoms with E-state index in [0.717, 1.165) is 39.3 Å². The van der Waals surface area contributed by atoms with E-state index >= 15 is 0 Å². The van der Waals surface area contributed by atoms with Crippen molar-refractivity contribution in [3.8, 4) is 23.0 Å². The largest absolute Gasteiger partial charge is 0.488 e. The lowest BCUT2D eigenvalue weighted by Gasteiger charge is -2.38. The van der Waals surface area contributed by atoms with Gasteiger partial charge in [-0.25, -0.2) is 4.98 Å². The van der Waals surface area contributed by atoms with Gasteiger partial charge in [-0.05, 0) is 61.9 Å². The van der Waals surface area contributed by atoms with Crippen LogP contribution in [0.4, 0.5) is 0 Å². The Morgan fingerprint density at radius 3 is 2.39 bits per heavy atom. The van der Waals surface area contributed by atoms with Crippen LogP contribution in [0.1, 0.15) is 53.3 Å². The molecular weight excluding hydrogens is 452 g/mol. The van der Waals surface area contributed by atoms with Gasteiger partial charge in [-0.15, -0.1) is 0 Å². The molecule has 0 saturated carbocycles. The zero-order valence-electron chi connectivity index (χ0n) is 22.1. The standard InChI is InChI=1S/C29H36N4O3/c1-17(2)22-11-10-18(3)25(12-22)35-16-24-21(6)31-28(27-19(4)8-7-9-20(27)5)32-29(24)36-23-13-33(14-23)15-26(30)34/h7-12,17,23H,13-16H2,1-6H3,(H2,30,34). The number of nitrogens with zero attached hydrogens (tertiary/aromatic N) is 3. The van der Waals surface area contributed by atoms with Crippen molar-refractivity contribution in [2.24, 2.45) is 5.73 Å². The molecule has 4 rings (SSSR count). The molecule has 2 heterocycles. The molecule has 7 heteroatoms. The summed E-state index contributed by atoms with van der Waals surface area (Å²) in [4.78, 5) is 23.0.